The lowest BCUT2D eigenvalue weighted by Gasteiger charge is -2.24. The average molecular weight is 279 g/mol. The normalized spacial score (nSPS) is 15.7. The predicted octanol–water partition coefficient (Wildman–Crippen LogP) is 3.21. The van der Waals surface area contributed by atoms with E-state index in [1.807, 2.05) is 6.07 Å². The molecule has 0 fully saturated rings. The van der Waals surface area contributed by atoms with Crippen molar-refractivity contribution in [3.8, 4) is 0 Å². The molecular formula is C18H21N3. The molecular weight excluding hydrogens is 258 g/mol. The summed E-state index contributed by atoms with van der Waals surface area (Å²) in [6.45, 7) is 4.94. The Morgan fingerprint density at radius 2 is 1.71 bits per heavy atom. The fraction of sp³-hybridized carbons (Fsp3) is 0.278. The van der Waals surface area contributed by atoms with Gasteiger partial charge in [0.1, 0.15) is 0 Å². The maximum atomic E-state index is 4.61. The summed E-state index contributed by atoms with van der Waals surface area (Å²) in [5.41, 5.74) is 2.60. The summed E-state index contributed by atoms with van der Waals surface area (Å²) in [5.74, 6) is 1.01. The maximum Gasteiger partial charge on any atom is 0.194 e. The van der Waals surface area contributed by atoms with Crippen molar-refractivity contribution in [3.05, 3.63) is 71.8 Å². The van der Waals surface area contributed by atoms with Gasteiger partial charge in [0.05, 0.1) is 12.6 Å². The van der Waals surface area contributed by atoms with Gasteiger partial charge >= 0.3 is 0 Å². The molecule has 0 aliphatic carbocycles. The highest BCUT2D eigenvalue weighted by Gasteiger charge is 2.19. The first-order valence-corrected chi connectivity index (χ1v) is 7.48. The van der Waals surface area contributed by atoms with Gasteiger partial charge in [0.15, 0.2) is 5.96 Å². The van der Waals surface area contributed by atoms with E-state index in [9.17, 15) is 0 Å². The number of nitrogens with zero attached hydrogens (tertiary/aromatic N) is 2. The van der Waals surface area contributed by atoms with Crippen molar-refractivity contribution >= 4 is 5.96 Å². The van der Waals surface area contributed by atoms with Crippen molar-refractivity contribution in [3.63, 3.8) is 0 Å². The second kappa shape index (κ2) is 6.44. The van der Waals surface area contributed by atoms with Gasteiger partial charge in [0, 0.05) is 13.1 Å². The Morgan fingerprint density at radius 3 is 2.43 bits per heavy atom. The van der Waals surface area contributed by atoms with Crippen LogP contribution in [-0.2, 0) is 6.54 Å². The third kappa shape index (κ3) is 3.43. The van der Waals surface area contributed by atoms with E-state index in [0.717, 1.165) is 25.6 Å². The molecule has 3 nitrogen and oxygen atoms in total. The molecule has 1 heterocycles. The lowest BCUT2D eigenvalue weighted by atomic mass is 10.1. The number of nitrogens with one attached hydrogen (secondary N) is 1. The molecule has 0 unspecified atom stereocenters. The summed E-state index contributed by atoms with van der Waals surface area (Å²) >= 11 is 0. The van der Waals surface area contributed by atoms with Crippen molar-refractivity contribution in [1.29, 1.82) is 0 Å². The largest absolute Gasteiger partial charge is 0.350 e. The molecule has 0 saturated heterocycles. The van der Waals surface area contributed by atoms with Crippen molar-refractivity contribution in [2.45, 2.75) is 19.5 Å². The van der Waals surface area contributed by atoms with Gasteiger partial charge in [0.25, 0.3) is 0 Å². The Hall–Kier alpha value is -2.29. The summed E-state index contributed by atoms with van der Waals surface area (Å²) in [4.78, 5) is 6.92. The fourth-order valence-corrected chi connectivity index (χ4v) is 2.60. The van der Waals surface area contributed by atoms with Crippen molar-refractivity contribution in [2.75, 3.05) is 13.1 Å². The van der Waals surface area contributed by atoms with Crippen molar-refractivity contribution < 1.29 is 0 Å². The molecule has 0 radical (unpaired) electrons. The molecule has 108 valence electrons. The zero-order chi connectivity index (χ0) is 14.5. The highest BCUT2D eigenvalue weighted by atomic mass is 15.3. The molecule has 2 aromatic carbocycles. The van der Waals surface area contributed by atoms with Crippen LogP contribution in [0.5, 0.6) is 0 Å². The van der Waals surface area contributed by atoms with E-state index in [2.05, 4.69) is 76.7 Å². The molecule has 2 aromatic rings. The van der Waals surface area contributed by atoms with Crippen LogP contribution in [0.15, 0.2) is 65.7 Å². The van der Waals surface area contributed by atoms with Gasteiger partial charge in [-0.15, -0.1) is 0 Å². The number of hydrogen-bond acceptors (Lipinski definition) is 3. The lowest BCUT2D eigenvalue weighted by Crippen LogP contribution is -2.39. The first-order chi connectivity index (χ1) is 10.3. The molecule has 0 spiro atoms. The molecule has 0 bridgehead atoms. The lowest BCUT2D eigenvalue weighted by molar-refractivity contribution is 0.430. The van der Waals surface area contributed by atoms with Crippen LogP contribution in [-0.4, -0.2) is 23.9 Å². The number of aliphatic imine (C=N–C) groups is 1. The van der Waals surface area contributed by atoms with Crippen LogP contribution in [0.25, 0.3) is 0 Å². The van der Waals surface area contributed by atoms with Crippen LogP contribution in [0.1, 0.15) is 24.1 Å². The monoisotopic (exact) mass is 279 g/mol. The molecule has 1 aliphatic heterocycles. The van der Waals surface area contributed by atoms with Crippen LogP contribution in [0.3, 0.4) is 0 Å². The first kappa shape index (κ1) is 13.7. The zero-order valence-corrected chi connectivity index (χ0v) is 12.4. The summed E-state index contributed by atoms with van der Waals surface area (Å²) < 4.78 is 0. The molecule has 1 atom stereocenters. The minimum absolute atomic E-state index is 0.265. The minimum atomic E-state index is 0.265. The summed E-state index contributed by atoms with van der Waals surface area (Å²) in [7, 11) is 0. The van der Waals surface area contributed by atoms with Gasteiger partial charge in [-0.25, -0.2) is 0 Å². The summed E-state index contributed by atoms with van der Waals surface area (Å²) in [5, 5.41) is 3.54. The second-order valence-corrected chi connectivity index (χ2v) is 5.39. The maximum absolute atomic E-state index is 4.61. The topological polar surface area (TPSA) is 27.6 Å². The van der Waals surface area contributed by atoms with Gasteiger partial charge in [0.2, 0.25) is 0 Å². The smallest absolute Gasteiger partial charge is 0.194 e. The van der Waals surface area contributed by atoms with Gasteiger partial charge in [-0.05, 0) is 18.1 Å². The van der Waals surface area contributed by atoms with E-state index in [1.165, 1.54) is 11.1 Å². The number of guanidine groups is 1. The SMILES string of the molecule is C[C@@H](NC1=NCCN1Cc1ccccc1)c1ccccc1. The zero-order valence-electron chi connectivity index (χ0n) is 12.4. The molecule has 0 saturated carbocycles. The van der Waals surface area contributed by atoms with Gasteiger partial charge in [-0.3, -0.25) is 4.99 Å². The molecule has 1 aliphatic rings. The second-order valence-electron chi connectivity index (χ2n) is 5.39. The predicted molar refractivity (Wildman–Crippen MR) is 87.1 cm³/mol. The summed E-state index contributed by atoms with van der Waals surface area (Å²) in [6, 6.07) is 21.3. The van der Waals surface area contributed by atoms with Crippen LogP contribution < -0.4 is 5.32 Å². The van der Waals surface area contributed by atoms with E-state index in [1.54, 1.807) is 0 Å². The third-order valence-corrected chi connectivity index (χ3v) is 3.79. The van der Waals surface area contributed by atoms with Crippen LogP contribution >= 0.6 is 0 Å². The highest BCUT2D eigenvalue weighted by Crippen LogP contribution is 2.14. The van der Waals surface area contributed by atoms with Crippen LogP contribution in [0.4, 0.5) is 0 Å². The molecule has 0 aromatic heterocycles. The van der Waals surface area contributed by atoms with Crippen LogP contribution in [0, 0.1) is 0 Å². The van der Waals surface area contributed by atoms with Crippen molar-refractivity contribution in [1.82, 2.24) is 10.2 Å². The van der Waals surface area contributed by atoms with Crippen molar-refractivity contribution in [2.24, 2.45) is 4.99 Å². The summed E-state index contributed by atoms with van der Waals surface area (Å²) in [6.07, 6.45) is 0. The first-order valence-electron chi connectivity index (χ1n) is 7.48. The molecule has 1 N–H and O–H groups in total. The number of hydrogen-bond donors (Lipinski definition) is 1. The van der Waals surface area contributed by atoms with E-state index >= 15 is 0 Å². The Bertz CT molecular complexity index is 592. The highest BCUT2D eigenvalue weighted by molar-refractivity contribution is 5.81. The van der Waals surface area contributed by atoms with E-state index < -0.39 is 0 Å². The Labute approximate surface area is 126 Å². The van der Waals surface area contributed by atoms with Gasteiger partial charge < -0.3 is 10.2 Å². The Kier molecular flexibility index (Phi) is 4.20. The van der Waals surface area contributed by atoms with E-state index in [0.29, 0.717) is 0 Å². The standard InChI is InChI=1S/C18H21N3/c1-15(17-10-6-3-7-11-17)20-18-19-12-13-21(18)14-16-8-4-2-5-9-16/h2-11,15H,12-14H2,1H3,(H,19,20)/t15-/m1/s1. The third-order valence-electron chi connectivity index (χ3n) is 3.79. The Balaban J connectivity index is 1.65. The molecule has 3 heteroatoms. The molecule has 3 rings (SSSR count). The average Bonchev–Trinajstić information content (AvgIpc) is 2.96. The fourth-order valence-electron chi connectivity index (χ4n) is 2.60. The van der Waals surface area contributed by atoms with Crippen LogP contribution in [0.2, 0.25) is 0 Å². The molecule has 21 heavy (non-hydrogen) atoms. The number of benzene rings is 2. The van der Waals surface area contributed by atoms with E-state index in [4.69, 9.17) is 0 Å². The Morgan fingerprint density at radius 1 is 1.05 bits per heavy atom. The van der Waals surface area contributed by atoms with Gasteiger partial charge in [-0.2, -0.15) is 0 Å². The van der Waals surface area contributed by atoms with Gasteiger partial charge in [-0.1, -0.05) is 60.7 Å². The number of rotatable bonds is 4. The van der Waals surface area contributed by atoms with E-state index in [-0.39, 0.29) is 6.04 Å². The quantitative estimate of drug-likeness (QED) is 0.930. The minimum Gasteiger partial charge on any atom is -0.350 e. The molecule has 0 amide bonds.